The molecule has 2 saturated heterocycles. The molecule has 0 spiro atoms. The Morgan fingerprint density at radius 1 is 1.32 bits per heavy atom. The Balaban J connectivity index is 0.00000242. The van der Waals surface area contributed by atoms with Crippen LogP contribution in [0.2, 0.25) is 0 Å². The van der Waals surface area contributed by atoms with Gasteiger partial charge in [0, 0.05) is 19.7 Å². The molecular formula is C16H33IN4O. The zero-order valence-electron chi connectivity index (χ0n) is 14.4. The molecule has 0 aromatic heterocycles. The molecule has 5 nitrogen and oxygen atoms in total. The number of nitrogens with one attached hydrogen (secondary N) is 2. The summed E-state index contributed by atoms with van der Waals surface area (Å²) < 4.78 is 5.81. The van der Waals surface area contributed by atoms with Crippen molar-refractivity contribution < 1.29 is 4.74 Å². The Labute approximate surface area is 152 Å². The average Bonchev–Trinajstić information content (AvgIpc) is 2.91. The number of aliphatic imine (C=N–C) groups is 1. The van der Waals surface area contributed by atoms with Crippen LogP contribution >= 0.6 is 24.0 Å². The lowest BCUT2D eigenvalue weighted by atomic mass is 9.97. The van der Waals surface area contributed by atoms with E-state index >= 15 is 0 Å². The number of rotatable bonds is 5. The topological polar surface area (TPSA) is 48.9 Å². The summed E-state index contributed by atoms with van der Waals surface area (Å²) >= 11 is 0. The lowest BCUT2D eigenvalue weighted by Crippen LogP contribution is -2.43. The Bertz CT molecular complexity index is 337. The van der Waals surface area contributed by atoms with Crippen LogP contribution in [0.4, 0.5) is 0 Å². The highest BCUT2D eigenvalue weighted by atomic mass is 127. The summed E-state index contributed by atoms with van der Waals surface area (Å²) in [5, 5.41) is 6.86. The number of likely N-dealkylation sites (tertiary alicyclic amines) is 1. The van der Waals surface area contributed by atoms with E-state index in [0.29, 0.717) is 0 Å². The van der Waals surface area contributed by atoms with Crippen molar-refractivity contribution in [2.24, 2.45) is 10.9 Å². The molecular weight excluding hydrogens is 391 g/mol. The van der Waals surface area contributed by atoms with Crippen LogP contribution in [0.15, 0.2) is 4.99 Å². The number of ether oxygens (including phenoxy) is 1. The quantitative estimate of drug-likeness (QED) is 0.403. The van der Waals surface area contributed by atoms with Gasteiger partial charge in [-0.3, -0.25) is 4.99 Å². The maximum atomic E-state index is 5.81. The van der Waals surface area contributed by atoms with E-state index in [1.165, 1.54) is 25.9 Å². The third-order valence-corrected chi connectivity index (χ3v) is 4.61. The molecule has 130 valence electrons. The van der Waals surface area contributed by atoms with Crippen molar-refractivity contribution in [3.63, 3.8) is 0 Å². The van der Waals surface area contributed by atoms with Crippen molar-refractivity contribution in [1.29, 1.82) is 0 Å². The van der Waals surface area contributed by atoms with E-state index in [9.17, 15) is 0 Å². The van der Waals surface area contributed by atoms with Gasteiger partial charge in [-0.15, -0.1) is 24.0 Å². The van der Waals surface area contributed by atoms with E-state index in [4.69, 9.17) is 9.73 Å². The average molecular weight is 424 g/mol. The fraction of sp³-hybridized carbons (Fsp3) is 0.938. The summed E-state index contributed by atoms with van der Waals surface area (Å²) in [6, 6.07) is 0. The minimum atomic E-state index is -0.0596. The van der Waals surface area contributed by atoms with Crippen molar-refractivity contribution >= 4 is 29.9 Å². The second-order valence-electron chi connectivity index (χ2n) is 6.72. The van der Waals surface area contributed by atoms with Gasteiger partial charge in [-0.05, 0) is 65.6 Å². The van der Waals surface area contributed by atoms with E-state index < -0.39 is 0 Å². The van der Waals surface area contributed by atoms with Crippen LogP contribution in [0.25, 0.3) is 0 Å². The molecule has 2 N–H and O–H groups in total. The smallest absolute Gasteiger partial charge is 0.191 e. The van der Waals surface area contributed by atoms with Gasteiger partial charge in [0.05, 0.1) is 12.1 Å². The van der Waals surface area contributed by atoms with Crippen molar-refractivity contribution in [2.45, 2.75) is 45.1 Å². The maximum absolute atomic E-state index is 5.81. The molecule has 2 rings (SSSR count). The summed E-state index contributed by atoms with van der Waals surface area (Å²) in [4.78, 5) is 7.14. The largest absolute Gasteiger partial charge is 0.373 e. The van der Waals surface area contributed by atoms with Crippen LogP contribution in [0.1, 0.15) is 39.5 Å². The molecule has 2 fully saturated rings. The fourth-order valence-corrected chi connectivity index (χ4v) is 3.06. The number of halogens is 1. The lowest BCUT2D eigenvalue weighted by molar-refractivity contribution is 0.0283. The predicted molar refractivity (Wildman–Crippen MR) is 103 cm³/mol. The Morgan fingerprint density at radius 2 is 2.05 bits per heavy atom. The molecule has 1 atom stereocenters. The monoisotopic (exact) mass is 424 g/mol. The third-order valence-electron chi connectivity index (χ3n) is 4.61. The number of nitrogens with zero attached hydrogens (tertiary/aromatic N) is 2. The molecule has 6 heteroatoms. The highest BCUT2D eigenvalue weighted by Gasteiger charge is 2.29. The van der Waals surface area contributed by atoms with E-state index in [-0.39, 0.29) is 29.6 Å². The zero-order valence-corrected chi connectivity index (χ0v) is 16.7. The summed E-state index contributed by atoms with van der Waals surface area (Å²) in [5.74, 6) is 1.71. The summed E-state index contributed by atoms with van der Waals surface area (Å²) in [6.45, 7) is 10.3. The van der Waals surface area contributed by atoms with Gasteiger partial charge >= 0.3 is 0 Å². The molecule has 0 amide bonds. The molecule has 0 aromatic rings. The SMILES string of the molecule is CCNC(=NCC1(C)CCCO1)NCC1CCN(C)CC1.I. The van der Waals surface area contributed by atoms with E-state index in [1.54, 1.807) is 0 Å². The van der Waals surface area contributed by atoms with Gasteiger partial charge in [0.1, 0.15) is 0 Å². The first kappa shape index (κ1) is 20.0. The lowest BCUT2D eigenvalue weighted by Gasteiger charge is -2.29. The third kappa shape index (κ3) is 6.58. The van der Waals surface area contributed by atoms with E-state index in [1.807, 2.05) is 0 Å². The van der Waals surface area contributed by atoms with E-state index in [0.717, 1.165) is 51.0 Å². The van der Waals surface area contributed by atoms with Gasteiger partial charge in [-0.25, -0.2) is 0 Å². The minimum Gasteiger partial charge on any atom is -0.373 e. The fourth-order valence-electron chi connectivity index (χ4n) is 3.06. The predicted octanol–water partition coefficient (Wildman–Crippen LogP) is 2.07. The number of hydrogen-bond acceptors (Lipinski definition) is 3. The second kappa shape index (κ2) is 9.93. The normalized spacial score (nSPS) is 27.5. The van der Waals surface area contributed by atoms with Crippen LogP contribution in [-0.4, -0.2) is 62.8 Å². The van der Waals surface area contributed by atoms with Crippen molar-refractivity contribution in [3.05, 3.63) is 0 Å². The molecule has 0 aliphatic carbocycles. The van der Waals surface area contributed by atoms with Crippen LogP contribution in [-0.2, 0) is 4.74 Å². The molecule has 1 unspecified atom stereocenters. The van der Waals surface area contributed by atoms with Gasteiger partial charge in [0.15, 0.2) is 5.96 Å². The summed E-state index contributed by atoms with van der Waals surface area (Å²) in [5.41, 5.74) is -0.0596. The number of piperidine rings is 1. The summed E-state index contributed by atoms with van der Waals surface area (Å²) in [6.07, 6.45) is 4.84. The van der Waals surface area contributed by atoms with Gasteiger partial charge < -0.3 is 20.3 Å². The number of hydrogen-bond donors (Lipinski definition) is 2. The Kier molecular flexibility index (Phi) is 9.01. The first-order chi connectivity index (χ1) is 10.1. The van der Waals surface area contributed by atoms with Crippen molar-refractivity contribution in [1.82, 2.24) is 15.5 Å². The highest BCUT2D eigenvalue weighted by Crippen LogP contribution is 2.25. The van der Waals surface area contributed by atoms with Crippen LogP contribution in [0, 0.1) is 5.92 Å². The maximum Gasteiger partial charge on any atom is 0.191 e. The molecule has 2 aliphatic heterocycles. The second-order valence-corrected chi connectivity index (χ2v) is 6.72. The van der Waals surface area contributed by atoms with Crippen LogP contribution in [0.5, 0.6) is 0 Å². The van der Waals surface area contributed by atoms with Gasteiger partial charge in [0.2, 0.25) is 0 Å². The Morgan fingerprint density at radius 3 is 2.64 bits per heavy atom. The van der Waals surface area contributed by atoms with Crippen molar-refractivity contribution in [3.8, 4) is 0 Å². The molecule has 2 aliphatic rings. The standard InChI is InChI=1S/C16H32N4O.HI/c1-4-17-15(19-13-16(2)8-5-11-21-16)18-12-14-6-9-20(3)10-7-14;/h14H,4-13H2,1-3H3,(H2,17,18,19);1H. The molecule has 0 saturated carbocycles. The van der Waals surface area contributed by atoms with Crippen LogP contribution < -0.4 is 10.6 Å². The zero-order chi connectivity index (χ0) is 15.1. The van der Waals surface area contributed by atoms with E-state index in [2.05, 4.69) is 36.4 Å². The first-order valence-corrected chi connectivity index (χ1v) is 8.46. The van der Waals surface area contributed by atoms with Crippen LogP contribution in [0.3, 0.4) is 0 Å². The molecule has 22 heavy (non-hydrogen) atoms. The number of guanidine groups is 1. The molecule has 0 bridgehead atoms. The Hall–Kier alpha value is -0.0800. The summed E-state index contributed by atoms with van der Waals surface area (Å²) in [7, 11) is 2.21. The molecule has 0 radical (unpaired) electrons. The van der Waals surface area contributed by atoms with Gasteiger partial charge in [0.25, 0.3) is 0 Å². The first-order valence-electron chi connectivity index (χ1n) is 8.46. The molecule has 2 heterocycles. The van der Waals surface area contributed by atoms with Crippen molar-refractivity contribution in [2.75, 3.05) is 46.4 Å². The minimum absolute atomic E-state index is 0. The van der Waals surface area contributed by atoms with Gasteiger partial charge in [-0.2, -0.15) is 0 Å². The highest BCUT2D eigenvalue weighted by molar-refractivity contribution is 14.0. The molecule has 0 aromatic carbocycles. The van der Waals surface area contributed by atoms with Gasteiger partial charge in [-0.1, -0.05) is 0 Å².